The van der Waals surface area contributed by atoms with Gasteiger partial charge in [0, 0.05) is 6.42 Å². The number of aliphatic hydroxyl groups is 1. The first-order chi connectivity index (χ1) is 17.6. The molecular formula is C30H35NO6. The maximum absolute atomic E-state index is 13.0. The van der Waals surface area contributed by atoms with Crippen molar-refractivity contribution in [3.63, 3.8) is 0 Å². The molecule has 0 fully saturated rings. The number of nitrogens with one attached hydrogen (secondary N) is 1. The van der Waals surface area contributed by atoms with E-state index in [1.54, 1.807) is 45.9 Å². The van der Waals surface area contributed by atoms with Gasteiger partial charge in [0.25, 0.3) is 0 Å². The van der Waals surface area contributed by atoms with Crippen molar-refractivity contribution in [3.05, 3.63) is 101 Å². The molecular weight excluding hydrogens is 470 g/mol. The molecule has 196 valence electrons. The molecule has 0 bridgehead atoms. The Balaban J connectivity index is 1.77. The second-order valence-corrected chi connectivity index (χ2v) is 9.81. The van der Waals surface area contributed by atoms with E-state index < -0.39 is 29.8 Å². The molecule has 7 nitrogen and oxygen atoms in total. The van der Waals surface area contributed by atoms with Gasteiger partial charge in [-0.15, -0.1) is 0 Å². The summed E-state index contributed by atoms with van der Waals surface area (Å²) in [6.45, 7) is 7.33. The van der Waals surface area contributed by atoms with Crippen molar-refractivity contribution in [3.8, 4) is 5.75 Å². The van der Waals surface area contributed by atoms with Gasteiger partial charge in [0.05, 0.1) is 6.10 Å². The third-order valence-corrected chi connectivity index (χ3v) is 5.44. The lowest BCUT2D eigenvalue weighted by molar-refractivity contribution is -0.147. The lowest BCUT2D eigenvalue weighted by Crippen LogP contribution is -2.45. The summed E-state index contributed by atoms with van der Waals surface area (Å²) in [5.74, 6) is -0.0116. The second-order valence-electron chi connectivity index (χ2n) is 9.81. The van der Waals surface area contributed by atoms with E-state index >= 15 is 0 Å². The van der Waals surface area contributed by atoms with E-state index in [9.17, 15) is 14.7 Å². The SMILES string of the molecule is C[C@H](O)c1cc(OCc2ccccc2)ccc1C[C@H](NC(=O)OC(C)(C)C)C(=O)OCc1ccccc1. The summed E-state index contributed by atoms with van der Waals surface area (Å²) in [6.07, 6.45) is -1.44. The predicted octanol–water partition coefficient (Wildman–Crippen LogP) is 5.50. The Morgan fingerprint density at radius 3 is 2.05 bits per heavy atom. The largest absolute Gasteiger partial charge is 0.489 e. The number of carbonyl (C=O) groups is 2. The number of amides is 1. The monoisotopic (exact) mass is 505 g/mol. The molecule has 7 heteroatoms. The average Bonchev–Trinajstić information content (AvgIpc) is 2.86. The molecule has 0 saturated heterocycles. The van der Waals surface area contributed by atoms with Crippen molar-refractivity contribution in [2.24, 2.45) is 0 Å². The smallest absolute Gasteiger partial charge is 0.408 e. The summed E-state index contributed by atoms with van der Waals surface area (Å²) in [6, 6.07) is 23.4. The number of carbonyl (C=O) groups excluding carboxylic acids is 2. The Morgan fingerprint density at radius 1 is 0.892 bits per heavy atom. The Hall–Kier alpha value is -3.84. The number of benzene rings is 3. The van der Waals surface area contributed by atoms with Crippen LogP contribution in [0.3, 0.4) is 0 Å². The molecule has 0 aliphatic carbocycles. The zero-order chi connectivity index (χ0) is 26.8. The van der Waals surface area contributed by atoms with Crippen molar-refractivity contribution in [2.75, 3.05) is 0 Å². The summed E-state index contributed by atoms with van der Waals surface area (Å²) < 4.78 is 16.8. The molecule has 0 radical (unpaired) electrons. The molecule has 3 aromatic rings. The first-order valence-corrected chi connectivity index (χ1v) is 12.3. The fraction of sp³-hybridized carbons (Fsp3) is 0.333. The molecule has 0 aromatic heterocycles. The number of esters is 1. The summed E-state index contributed by atoms with van der Waals surface area (Å²) in [4.78, 5) is 25.6. The molecule has 0 unspecified atom stereocenters. The summed E-state index contributed by atoms with van der Waals surface area (Å²) in [7, 11) is 0. The predicted molar refractivity (Wildman–Crippen MR) is 141 cm³/mol. The van der Waals surface area contributed by atoms with Gasteiger partial charge in [0.15, 0.2) is 0 Å². The van der Waals surface area contributed by atoms with Crippen molar-refractivity contribution in [1.29, 1.82) is 0 Å². The Morgan fingerprint density at radius 2 is 1.49 bits per heavy atom. The number of aliphatic hydroxyl groups excluding tert-OH is 1. The van der Waals surface area contributed by atoms with Crippen LogP contribution in [0.4, 0.5) is 4.79 Å². The highest BCUT2D eigenvalue weighted by Crippen LogP contribution is 2.26. The normalized spacial score (nSPS) is 12.8. The topological polar surface area (TPSA) is 94.1 Å². The molecule has 37 heavy (non-hydrogen) atoms. The molecule has 0 heterocycles. The Kier molecular flexibility index (Phi) is 9.69. The van der Waals surface area contributed by atoms with Crippen molar-refractivity contribution in [2.45, 2.75) is 65.1 Å². The molecule has 2 atom stereocenters. The third kappa shape index (κ3) is 9.28. The Labute approximate surface area is 218 Å². The zero-order valence-corrected chi connectivity index (χ0v) is 21.8. The van der Waals surface area contributed by atoms with Crippen LogP contribution in [0.15, 0.2) is 78.9 Å². The first kappa shape index (κ1) is 27.7. The van der Waals surface area contributed by atoms with Gasteiger partial charge >= 0.3 is 12.1 Å². The van der Waals surface area contributed by atoms with E-state index in [0.29, 0.717) is 23.5 Å². The van der Waals surface area contributed by atoms with Crippen LogP contribution in [0.1, 0.15) is 56.1 Å². The van der Waals surface area contributed by atoms with Gasteiger partial charge in [0.1, 0.15) is 30.6 Å². The number of hydrogen-bond donors (Lipinski definition) is 2. The molecule has 3 rings (SSSR count). The molecule has 0 aliphatic rings. The van der Waals surface area contributed by atoms with Crippen LogP contribution >= 0.6 is 0 Å². The van der Waals surface area contributed by atoms with Gasteiger partial charge < -0.3 is 24.6 Å². The standard InChI is InChI=1S/C30H35NO6/c1-21(32)26-18-25(35-19-22-11-7-5-8-12-22)16-15-24(26)17-27(31-29(34)37-30(2,3)4)28(33)36-20-23-13-9-6-10-14-23/h5-16,18,21,27,32H,17,19-20H2,1-4H3,(H,31,34)/t21-,27-/m0/s1. The second kappa shape index (κ2) is 12.9. The molecule has 0 saturated carbocycles. The number of hydrogen-bond acceptors (Lipinski definition) is 6. The molecule has 0 spiro atoms. The van der Waals surface area contributed by atoms with E-state index in [1.165, 1.54) is 0 Å². The van der Waals surface area contributed by atoms with E-state index in [1.807, 2.05) is 60.7 Å². The first-order valence-electron chi connectivity index (χ1n) is 12.3. The highest BCUT2D eigenvalue weighted by molar-refractivity contribution is 5.82. The van der Waals surface area contributed by atoms with E-state index in [0.717, 1.165) is 11.1 Å². The minimum absolute atomic E-state index is 0.0711. The van der Waals surface area contributed by atoms with Crippen molar-refractivity contribution < 1.29 is 28.9 Å². The van der Waals surface area contributed by atoms with E-state index in [4.69, 9.17) is 14.2 Å². The van der Waals surface area contributed by atoms with Crippen LogP contribution < -0.4 is 10.1 Å². The lowest BCUT2D eigenvalue weighted by Gasteiger charge is -2.24. The third-order valence-electron chi connectivity index (χ3n) is 5.44. The molecule has 3 aromatic carbocycles. The zero-order valence-electron chi connectivity index (χ0n) is 21.8. The maximum Gasteiger partial charge on any atom is 0.408 e. The highest BCUT2D eigenvalue weighted by atomic mass is 16.6. The number of rotatable bonds is 10. The van der Waals surface area contributed by atoms with Crippen LogP contribution in [-0.4, -0.2) is 28.8 Å². The Bertz CT molecular complexity index is 1160. The fourth-order valence-corrected chi connectivity index (χ4v) is 3.67. The molecule has 1 amide bonds. The van der Waals surface area contributed by atoms with E-state index in [-0.39, 0.29) is 13.0 Å². The van der Waals surface area contributed by atoms with Gasteiger partial charge in [-0.3, -0.25) is 0 Å². The van der Waals surface area contributed by atoms with Crippen molar-refractivity contribution >= 4 is 12.1 Å². The minimum atomic E-state index is -1.02. The lowest BCUT2D eigenvalue weighted by atomic mass is 9.97. The fourth-order valence-electron chi connectivity index (χ4n) is 3.67. The summed E-state index contributed by atoms with van der Waals surface area (Å²) in [5, 5.41) is 13.1. The summed E-state index contributed by atoms with van der Waals surface area (Å²) >= 11 is 0. The van der Waals surface area contributed by atoms with Gasteiger partial charge in [-0.2, -0.15) is 0 Å². The van der Waals surface area contributed by atoms with Crippen molar-refractivity contribution in [1.82, 2.24) is 5.32 Å². The molecule has 2 N–H and O–H groups in total. The van der Waals surface area contributed by atoms with Crippen LogP contribution in [0.2, 0.25) is 0 Å². The average molecular weight is 506 g/mol. The quantitative estimate of drug-likeness (QED) is 0.354. The van der Waals surface area contributed by atoms with Crippen LogP contribution in [0, 0.1) is 0 Å². The number of ether oxygens (including phenoxy) is 3. The number of alkyl carbamates (subject to hydrolysis) is 1. The van der Waals surface area contributed by atoms with Crippen LogP contribution in [0.25, 0.3) is 0 Å². The summed E-state index contributed by atoms with van der Waals surface area (Å²) in [5.41, 5.74) is 2.40. The van der Waals surface area contributed by atoms with Gasteiger partial charge in [-0.25, -0.2) is 9.59 Å². The van der Waals surface area contributed by atoms with Crippen LogP contribution in [0.5, 0.6) is 5.75 Å². The van der Waals surface area contributed by atoms with Gasteiger partial charge in [-0.05, 0) is 62.1 Å². The van der Waals surface area contributed by atoms with E-state index in [2.05, 4.69) is 5.32 Å². The highest BCUT2D eigenvalue weighted by Gasteiger charge is 2.27. The minimum Gasteiger partial charge on any atom is -0.489 e. The van der Waals surface area contributed by atoms with Gasteiger partial charge in [-0.1, -0.05) is 66.7 Å². The van der Waals surface area contributed by atoms with Crippen LogP contribution in [-0.2, 0) is 33.9 Å². The van der Waals surface area contributed by atoms with Gasteiger partial charge in [0.2, 0.25) is 0 Å². The maximum atomic E-state index is 13.0. The molecule has 0 aliphatic heterocycles.